The molecule has 1 N–H and O–H groups in total. The first-order valence-electron chi connectivity index (χ1n) is 8.42. The van der Waals surface area contributed by atoms with E-state index < -0.39 is 0 Å². The smallest absolute Gasteiger partial charge is 0.119 e. The van der Waals surface area contributed by atoms with Crippen molar-refractivity contribution in [2.75, 3.05) is 26.2 Å². The molecule has 0 saturated carbocycles. The molecule has 0 unspecified atom stereocenters. The van der Waals surface area contributed by atoms with Crippen LogP contribution >= 0.6 is 24.8 Å². The van der Waals surface area contributed by atoms with E-state index in [1.165, 1.54) is 24.8 Å². The minimum atomic E-state index is 0. The summed E-state index contributed by atoms with van der Waals surface area (Å²) in [6.45, 7) is 10.9. The Morgan fingerprint density at radius 1 is 1.09 bits per heavy atom. The van der Waals surface area contributed by atoms with E-state index in [0.29, 0.717) is 6.04 Å². The summed E-state index contributed by atoms with van der Waals surface area (Å²) < 4.78 is 5.75. The molecular formula is C18H32Cl2N2O. The van der Waals surface area contributed by atoms with Gasteiger partial charge in [0.05, 0.1) is 6.10 Å². The minimum absolute atomic E-state index is 0. The van der Waals surface area contributed by atoms with Gasteiger partial charge in [0.25, 0.3) is 0 Å². The Morgan fingerprint density at radius 3 is 2.22 bits per heavy atom. The third kappa shape index (κ3) is 7.30. The summed E-state index contributed by atoms with van der Waals surface area (Å²) in [5.41, 5.74) is 1.43. The average Bonchev–Trinajstić information content (AvgIpc) is 2.50. The molecule has 0 amide bonds. The normalized spacial score (nSPS) is 16.3. The Hall–Kier alpha value is -0.480. The van der Waals surface area contributed by atoms with Crippen LogP contribution in [0.1, 0.15) is 51.6 Å². The molecule has 0 aromatic heterocycles. The van der Waals surface area contributed by atoms with Crippen molar-refractivity contribution in [2.24, 2.45) is 0 Å². The van der Waals surface area contributed by atoms with Gasteiger partial charge in [0, 0.05) is 32.2 Å². The Bertz CT molecular complexity index is 406. The van der Waals surface area contributed by atoms with E-state index in [-0.39, 0.29) is 30.9 Å². The average molecular weight is 363 g/mol. The summed E-state index contributed by atoms with van der Waals surface area (Å²) in [6.07, 6.45) is 4.04. The standard InChI is InChI=1S/C18H30N2O.2ClH/c1-4-5-6-18(20-13-11-19-12-14-20)16-7-9-17(10-8-16)21-15(2)3;;/h7-10,15,18-19H,4-6,11-14H2,1-3H3;2*1H/t18-;;/m0../s1. The SMILES string of the molecule is CCCC[C@@H](c1ccc(OC(C)C)cc1)N1CCNCC1.Cl.Cl. The lowest BCUT2D eigenvalue weighted by molar-refractivity contribution is 0.163. The van der Waals surface area contributed by atoms with Crippen LogP contribution in [0.2, 0.25) is 0 Å². The van der Waals surface area contributed by atoms with Crippen LogP contribution in [0.5, 0.6) is 5.75 Å². The fourth-order valence-corrected chi connectivity index (χ4v) is 2.99. The number of rotatable bonds is 7. The zero-order chi connectivity index (χ0) is 15.1. The molecule has 1 atom stereocenters. The van der Waals surface area contributed by atoms with Crippen LogP contribution in [0.25, 0.3) is 0 Å². The Kier molecular flexibility index (Phi) is 11.7. The van der Waals surface area contributed by atoms with E-state index in [2.05, 4.69) is 55.3 Å². The summed E-state index contributed by atoms with van der Waals surface area (Å²) in [6, 6.07) is 9.30. The lowest BCUT2D eigenvalue weighted by Gasteiger charge is -2.35. The van der Waals surface area contributed by atoms with Crippen LogP contribution in [-0.2, 0) is 0 Å². The van der Waals surface area contributed by atoms with Crippen molar-refractivity contribution in [3.8, 4) is 5.75 Å². The molecule has 1 heterocycles. The maximum Gasteiger partial charge on any atom is 0.119 e. The zero-order valence-corrected chi connectivity index (χ0v) is 16.2. The fraction of sp³-hybridized carbons (Fsp3) is 0.667. The Balaban J connectivity index is 0.00000242. The van der Waals surface area contributed by atoms with Gasteiger partial charge in [-0.25, -0.2) is 0 Å². The predicted molar refractivity (Wildman–Crippen MR) is 103 cm³/mol. The number of hydrogen-bond donors (Lipinski definition) is 1. The molecule has 1 aliphatic rings. The topological polar surface area (TPSA) is 24.5 Å². The van der Waals surface area contributed by atoms with Crippen molar-refractivity contribution >= 4 is 24.8 Å². The van der Waals surface area contributed by atoms with Crippen LogP contribution in [0.3, 0.4) is 0 Å². The number of nitrogens with one attached hydrogen (secondary N) is 1. The number of unbranched alkanes of at least 4 members (excludes halogenated alkanes) is 1. The van der Waals surface area contributed by atoms with Gasteiger partial charge in [0.15, 0.2) is 0 Å². The first-order chi connectivity index (χ1) is 10.2. The summed E-state index contributed by atoms with van der Waals surface area (Å²) >= 11 is 0. The second-order valence-electron chi connectivity index (χ2n) is 6.18. The number of ether oxygens (including phenoxy) is 1. The van der Waals surface area contributed by atoms with Crippen LogP contribution in [0.15, 0.2) is 24.3 Å². The van der Waals surface area contributed by atoms with E-state index in [4.69, 9.17) is 4.74 Å². The largest absolute Gasteiger partial charge is 0.491 e. The lowest BCUT2D eigenvalue weighted by Crippen LogP contribution is -2.45. The quantitative estimate of drug-likeness (QED) is 0.774. The van der Waals surface area contributed by atoms with Gasteiger partial charge in [0.1, 0.15) is 5.75 Å². The van der Waals surface area contributed by atoms with Gasteiger partial charge in [-0.3, -0.25) is 4.90 Å². The first-order valence-corrected chi connectivity index (χ1v) is 8.42. The van der Waals surface area contributed by atoms with Crippen molar-refractivity contribution in [1.29, 1.82) is 0 Å². The molecule has 1 aromatic rings. The van der Waals surface area contributed by atoms with Gasteiger partial charge in [-0.1, -0.05) is 31.9 Å². The van der Waals surface area contributed by atoms with Gasteiger partial charge < -0.3 is 10.1 Å². The van der Waals surface area contributed by atoms with E-state index in [1.807, 2.05) is 0 Å². The highest BCUT2D eigenvalue weighted by molar-refractivity contribution is 5.85. The molecule has 1 aliphatic heterocycles. The highest BCUT2D eigenvalue weighted by Gasteiger charge is 2.21. The van der Waals surface area contributed by atoms with Gasteiger partial charge in [0.2, 0.25) is 0 Å². The second-order valence-corrected chi connectivity index (χ2v) is 6.18. The van der Waals surface area contributed by atoms with Crippen molar-refractivity contribution in [1.82, 2.24) is 10.2 Å². The third-order valence-corrected chi connectivity index (χ3v) is 4.06. The minimum Gasteiger partial charge on any atom is -0.491 e. The van der Waals surface area contributed by atoms with Gasteiger partial charge in [-0.15, -0.1) is 24.8 Å². The number of halogens is 2. The van der Waals surface area contributed by atoms with E-state index >= 15 is 0 Å². The van der Waals surface area contributed by atoms with Crippen LogP contribution in [-0.4, -0.2) is 37.2 Å². The van der Waals surface area contributed by atoms with Crippen molar-refractivity contribution in [2.45, 2.75) is 52.2 Å². The number of hydrogen-bond acceptors (Lipinski definition) is 3. The van der Waals surface area contributed by atoms with Gasteiger partial charge in [-0.05, 0) is 38.0 Å². The summed E-state index contributed by atoms with van der Waals surface area (Å²) in [5.74, 6) is 0.975. The third-order valence-electron chi connectivity index (χ3n) is 4.06. The summed E-state index contributed by atoms with van der Waals surface area (Å²) in [4.78, 5) is 2.63. The molecule has 23 heavy (non-hydrogen) atoms. The second kappa shape index (κ2) is 12.0. The van der Waals surface area contributed by atoms with Crippen molar-refractivity contribution in [3.63, 3.8) is 0 Å². The fourth-order valence-electron chi connectivity index (χ4n) is 2.99. The molecule has 3 nitrogen and oxygen atoms in total. The molecule has 5 heteroatoms. The van der Waals surface area contributed by atoms with Crippen LogP contribution in [0.4, 0.5) is 0 Å². The molecule has 0 aliphatic carbocycles. The van der Waals surface area contributed by atoms with E-state index in [1.54, 1.807) is 0 Å². The number of piperazine rings is 1. The monoisotopic (exact) mass is 362 g/mol. The molecule has 2 rings (SSSR count). The first kappa shape index (κ1) is 22.5. The maximum atomic E-state index is 5.75. The summed E-state index contributed by atoms with van der Waals surface area (Å²) in [7, 11) is 0. The van der Waals surface area contributed by atoms with Gasteiger partial charge >= 0.3 is 0 Å². The molecule has 134 valence electrons. The van der Waals surface area contributed by atoms with Crippen molar-refractivity contribution < 1.29 is 4.74 Å². The molecule has 1 saturated heterocycles. The molecule has 1 aromatic carbocycles. The number of benzene rings is 1. The van der Waals surface area contributed by atoms with Crippen LogP contribution < -0.4 is 10.1 Å². The Morgan fingerprint density at radius 2 is 1.70 bits per heavy atom. The zero-order valence-electron chi connectivity index (χ0n) is 14.6. The highest BCUT2D eigenvalue weighted by Crippen LogP contribution is 2.28. The summed E-state index contributed by atoms with van der Waals surface area (Å²) in [5, 5.41) is 3.45. The molecule has 0 radical (unpaired) electrons. The molecule has 1 fully saturated rings. The van der Waals surface area contributed by atoms with Crippen molar-refractivity contribution in [3.05, 3.63) is 29.8 Å². The number of nitrogens with zero attached hydrogens (tertiary/aromatic N) is 1. The Labute approximate surface area is 154 Å². The maximum absolute atomic E-state index is 5.75. The predicted octanol–water partition coefficient (Wildman–Crippen LogP) is 4.45. The lowest BCUT2D eigenvalue weighted by atomic mass is 9.98. The van der Waals surface area contributed by atoms with E-state index in [0.717, 1.165) is 31.9 Å². The molecular weight excluding hydrogens is 331 g/mol. The highest BCUT2D eigenvalue weighted by atomic mass is 35.5. The molecule has 0 spiro atoms. The molecule has 0 bridgehead atoms. The van der Waals surface area contributed by atoms with Crippen LogP contribution in [0, 0.1) is 0 Å². The van der Waals surface area contributed by atoms with E-state index in [9.17, 15) is 0 Å². The van der Waals surface area contributed by atoms with Gasteiger partial charge in [-0.2, -0.15) is 0 Å².